The fourth-order valence-corrected chi connectivity index (χ4v) is 2.98. The third-order valence-corrected chi connectivity index (χ3v) is 4.29. The van der Waals surface area contributed by atoms with Gasteiger partial charge in [0.05, 0.1) is 17.7 Å². The van der Waals surface area contributed by atoms with Crippen molar-refractivity contribution >= 4 is 22.9 Å². The van der Waals surface area contributed by atoms with Crippen molar-refractivity contribution in [1.29, 1.82) is 0 Å². The van der Waals surface area contributed by atoms with Crippen LogP contribution in [-0.2, 0) is 0 Å². The van der Waals surface area contributed by atoms with Crippen molar-refractivity contribution in [3.05, 3.63) is 46.7 Å². The molecule has 0 aliphatic rings. The maximum absolute atomic E-state index is 12.4. The molecule has 7 heteroatoms. The number of aromatic nitrogens is 2. The van der Waals surface area contributed by atoms with Gasteiger partial charge in [0.1, 0.15) is 5.75 Å². The molecule has 0 atom stereocenters. The molecule has 2 aromatic heterocycles. The average Bonchev–Trinajstić information content (AvgIpc) is 3.14. The van der Waals surface area contributed by atoms with E-state index in [1.807, 2.05) is 13.0 Å². The smallest absolute Gasteiger partial charge is 0.255 e. The van der Waals surface area contributed by atoms with Gasteiger partial charge >= 0.3 is 0 Å². The Balaban J connectivity index is 1.82. The number of aryl methyl sites for hydroxylation is 2. The van der Waals surface area contributed by atoms with E-state index in [9.17, 15) is 4.79 Å². The Labute approximate surface area is 137 Å². The summed E-state index contributed by atoms with van der Waals surface area (Å²) in [6, 6.07) is 8.86. The summed E-state index contributed by atoms with van der Waals surface area (Å²) in [5, 5.41) is 6.80. The number of anilines is 1. The molecule has 1 amide bonds. The third kappa shape index (κ3) is 3.24. The topological polar surface area (TPSA) is 77.2 Å². The van der Waals surface area contributed by atoms with Crippen LogP contribution in [-0.4, -0.2) is 23.2 Å². The summed E-state index contributed by atoms with van der Waals surface area (Å²) < 4.78 is 10.1. The molecule has 23 heavy (non-hydrogen) atoms. The molecule has 0 unspecified atom stereocenters. The Morgan fingerprint density at radius 3 is 2.83 bits per heavy atom. The minimum atomic E-state index is -0.194. The number of ether oxygens (including phenoxy) is 1. The molecule has 0 aliphatic carbocycles. The van der Waals surface area contributed by atoms with Crippen molar-refractivity contribution < 1.29 is 14.1 Å². The van der Waals surface area contributed by atoms with Gasteiger partial charge in [-0.3, -0.25) is 4.79 Å². The minimum absolute atomic E-state index is 0.194. The SMILES string of the molecule is COc1cccc(C(=O)Nc2cc(-c3noc(C)n3)sc2C)c1. The van der Waals surface area contributed by atoms with E-state index in [1.54, 1.807) is 38.3 Å². The van der Waals surface area contributed by atoms with E-state index in [1.165, 1.54) is 11.3 Å². The monoisotopic (exact) mass is 329 g/mol. The van der Waals surface area contributed by atoms with Crippen LogP contribution >= 0.6 is 11.3 Å². The van der Waals surface area contributed by atoms with Gasteiger partial charge in [0.15, 0.2) is 0 Å². The van der Waals surface area contributed by atoms with Gasteiger partial charge in [0, 0.05) is 17.4 Å². The molecular formula is C16H15N3O3S. The van der Waals surface area contributed by atoms with Gasteiger partial charge in [-0.15, -0.1) is 11.3 Å². The first kappa shape index (κ1) is 15.2. The van der Waals surface area contributed by atoms with Gasteiger partial charge in [-0.2, -0.15) is 4.98 Å². The van der Waals surface area contributed by atoms with E-state index < -0.39 is 0 Å². The standard InChI is InChI=1S/C16H15N3O3S/c1-9-13(8-14(23-9)15-17-10(2)22-19-15)18-16(20)11-5-4-6-12(7-11)21-3/h4-8H,1-3H3,(H,18,20). The molecule has 0 aliphatic heterocycles. The van der Waals surface area contributed by atoms with Crippen LogP contribution in [0.15, 0.2) is 34.9 Å². The molecule has 2 heterocycles. The zero-order chi connectivity index (χ0) is 16.4. The number of carbonyl (C=O) groups excluding carboxylic acids is 1. The van der Waals surface area contributed by atoms with Gasteiger partial charge in [-0.1, -0.05) is 11.2 Å². The molecule has 3 aromatic rings. The van der Waals surface area contributed by atoms with Gasteiger partial charge in [-0.25, -0.2) is 0 Å². The predicted octanol–water partition coefficient (Wildman–Crippen LogP) is 3.68. The van der Waals surface area contributed by atoms with Gasteiger partial charge in [-0.05, 0) is 31.2 Å². The Kier molecular flexibility index (Phi) is 4.12. The van der Waals surface area contributed by atoms with Crippen LogP contribution in [0.4, 0.5) is 5.69 Å². The van der Waals surface area contributed by atoms with E-state index in [4.69, 9.17) is 9.26 Å². The van der Waals surface area contributed by atoms with E-state index >= 15 is 0 Å². The Hall–Kier alpha value is -2.67. The second-order valence-corrected chi connectivity index (χ2v) is 6.16. The molecule has 0 fully saturated rings. The summed E-state index contributed by atoms with van der Waals surface area (Å²) in [6.07, 6.45) is 0. The maximum atomic E-state index is 12.4. The second-order valence-electron chi connectivity index (χ2n) is 4.90. The molecule has 0 saturated heterocycles. The van der Waals surface area contributed by atoms with Crippen molar-refractivity contribution in [1.82, 2.24) is 10.1 Å². The molecule has 0 saturated carbocycles. The lowest BCUT2D eigenvalue weighted by Crippen LogP contribution is -2.11. The molecule has 0 bridgehead atoms. The average molecular weight is 329 g/mol. The van der Waals surface area contributed by atoms with Crippen LogP contribution < -0.4 is 10.1 Å². The zero-order valence-corrected chi connectivity index (χ0v) is 13.7. The molecular weight excluding hydrogens is 314 g/mol. The lowest BCUT2D eigenvalue weighted by Gasteiger charge is -2.06. The Bertz CT molecular complexity index is 854. The number of benzene rings is 1. The summed E-state index contributed by atoms with van der Waals surface area (Å²) in [6.45, 7) is 3.67. The summed E-state index contributed by atoms with van der Waals surface area (Å²) in [7, 11) is 1.57. The highest BCUT2D eigenvalue weighted by Gasteiger charge is 2.15. The number of methoxy groups -OCH3 is 1. The maximum Gasteiger partial charge on any atom is 0.255 e. The number of thiophene rings is 1. The van der Waals surface area contributed by atoms with Crippen molar-refractivity contribution in [3.63, 3.8) is 0 Å². The highest BCUT2D eigenvalue weighted by Crippen LogP contribution is 2.33. The van der Waals surface area contributed by atoms with E-state index in [0.29, 0.717) is 23.0 Å². The predicted molar refractivity (Wildman–Crippen MR) is 88.0 cm³/mol. The molecule has 1 N–H and O–H groups in total. The van der Waals surface area contributed by atoms with E-state index in [-0.39, 0.29) is 5.91 Å². The first-order chi connectivity index (χ1) is 11.1. The normalized spacial score (nSPS) is 10.6. The third-order valence-electron chi connectivity index (χ3n) is 3.25. The summed E-state index contributed by atoms with van der Waals surface area (Å²) >= 11 is 1.50. The van der Waals surface area contributed by atoms with Crippen molar-refractivity contribution in [2.45, 2.75) is 13.8 Å². The number of hydrogen-bond acceptors (Lipinski definition) is 6. The van der Waals surface area contributed by atoms with Gasteiger partial charge in [0.2, 0.25) is 11.7 Å². The first-order valence-corrected chi connectivity index (χ1v) is 7.75. The van der Waals surface area contributed by atoms with Crippen LogP contribution in [0, 0.1) is 13.8 Å². The number of nitrogens with one attached hydrogen (secondary N) is 1. The summed E-state index contributed by atoms with van der Waals surface area (Å²) in [5.41, 5.74) is 1.27. The largest absolute Gasteiger partial charge is 0.497 e. The van der Waals surface area contributed by atoms with E-state index in [2.05, 4.69) is 15.5 Å². The quantitative estimate of drug-likeness (QED) is 0.790. The van der Waals surface area contributed by atoms with Crippen LogP contribution in [0.25, 0.3) is 10.7 Å². The van der Waals surface area contributed by atoms with Crippen molar-refractivity contribution in [3.8, 4) is 16.5 Å². The minimum Gasteiger partial charge on any atom is -0.497 e. The molecule has 0 spiro atoms. The fourth-order valence-electron chi connectivity index (χ4n) is 2.07. The van der Waals surface area contributed by atoms with Crippen LogP contribution in [0.5, 0.6) is 5.75 Å². The molecule has 3 rings (SSSR count). The van der Waals surface area contributed by atoms with Gasteiger partial charge in [0.25, 0.3) is 5.91 Å². The molecule has 0 radical (unpaired) electrons. The van der Waals surface area contributed by atoms with Crippen molar-refractivity contribution in [2.75, 3.05) is 12.4 Å². The number of nitrogens with zero attached hydrogens (tertiary/aromatic N) is 2. The fraction of sp³-hybridized carbons (Fsp3) is 0.188. The highest BCUT2D eigenvalue weighted by molar-refractivity contribution is 7.16. The lowest BCUT2D eigenvalue weighted by molar-refractivity contribution is 0.102. The summed E-state index contributed by atoms with van der Waals surface area (Å²) in [4.78, 5) is 18.4. The highest BCUT2D eigenvalue weighted by atomic mass is 32.1. The number of amides is 1. The number of rotatable bonds is 4. The number of hydrogen-bond donors (Lipinski definition) is 1. The molecule has 6 nitrogen and oxygen atoms in total. The summed E-state index contributed by atoms with van der Waals surface area (Å²) in [5.74, 6) is 1.48. The van der Waals surface area contributed by atoms with Crippen LogP contribution in [0.1, 0.15) is 21.1 Å². The van der Waals surface area contributed by atoms with Crippen molar-refractivity contribution in [2.24, 2.45) is 0 Å². The zero-order valence-electron chi connectivity index (χ0n) is 12.9. The second kappa shape index (κ2) is 6.21. The van der Waals surface area contributed by atoms with E-state index in [0.717, 1.165) is 15.4 Å². The van der Waals surface area contributed by atoms with Crippen LogP contribution in [0.3, 0.4) is 0 Å². The van der Waals surface area contributed by atoms with Gasteiger partial charge < -0.3 is 14.6 Å². The van der Waals surface area contributed by atoms with Crippen LogP contribution in [0.2, 0.25) is 0 Å². The Morgan fingerprint density at radius 2 is 2.13 bits per heavy atom. The first-order valence-electron chi connectivity index (χ1n) is 6.93. The Morgan fingerprint density at radius 1 is 1.30 bits per heavy atom. The number of carbonyl (C=O) groups is 1. The molecule has 118 valence electrons. The molecule has 1 aromatic carbocycles. The lowest BCUT2D eigenvalue weighted by atomic mass is 10.2.